The minimum Gasteiger partial charge on any atom is -0.486 e. The number of carbonyl (C=O) groups excluding carboxylic acids is 2. The third kappa shape index (κ3) is 3.32. The molecule has 1 aromatic heterocycles. The van der Waals surface area contributed by atoms with Gasteiger partial charge in [0.05, 0.1) is 12.5 Å². The number of hydrogen-bond donors (Lipinski definition) is 0. The molecule has 0 unspecified atom stereocenters. The minimum absolute atomic E-state index is 0.0396. The van der Waals surface area contributed by atoms with E-state index in [4.69, 9.17) is 18.6 Å². The van der Waals surface area contributed by atoms with E-state index in [0.717, 1.165) is 31.2 Å². The van der Waals surface area contributed by atoms with E-state index in [0.29, 0.717) is 30.5 Å². The Morgan fingerprint density at radius 1 is 1.04 bits per heavy atom. The van der Waals surface area contributed by atoms with Crippen molar-refractivity contribution < 1.29 is 33.0 Å². The molecule has 0 atom stereocenters. The van der Waals surface area contributed by atoms with Gasteiger partial charge in [0.1, 0.15) is 25.6 Å². The van der Waals surface area contributed by atoms with Gasteiger partial charge >= 0.3 is 11.9 Å². The Morgan fingerprint density at radius 3 is 2.54 bits per heavy atom. The van der Waals surface area contributed by atoms with E-state index in [1.807, 2.05) is 18.2 Å². The van der Waals surface area contributed by atoms with Crippen LogP contribution in [0.1, 0.15) is 47.6 Å². The summed E-state index contributed by atoms with van der Waals surface area (Å²) in [5.74, 6) is 0.970. The Bertz CT molecular complexity index is 877. The van der Waals surface area contributed by atoms with Gasteiger partial charge in [-0.3, -0.25) is 4.79 Å². The first kappa shape index (κ1) is 18.4. The van der Waals surface area contributed by atoms with Gasteiger partial charge in [-0.1, -0.05) is 18.9 Å². The van der Waals surface area contributed by atoms with E-state index in [1.165, 1.54) is 13.2 Å². The summed E-state index contributed by atoms with van der Waals surface area (Å²) in [4.78, 5) is 24.6. The Balaban J connectivity index is 1.51. The maximum Gasteiger partial charge on any atom is 0.373 e. The zero-order chi connectivity index (χ0) is 19.6. The van der Waals surface area contributed by atoms with E-state index >= 15 is 0 Å². The number of esters is 2. The summed E-state index contributed by atoms with van der Waals surface area (Å²) in [5, 5.41) is 0. The minimum atomic E-state index is -0.701. The molecule has 148 valence electrons. The average Bonchev–Trinajstić information content (AvgIpc) is 3.41. The van der Waals surface area contributed by atoms with Crippen LogP contribution in [0.2, 0.25) is 0 Å². The van der Waals surface area contributed by atoms with Crippen LogP contribution >= 0.6 is 0 Å². The molecule has 2 aliphatic rings. The summed E-state index contributed by atoms with van der Waals surface area (Å²) in [5.41, 5.74) is 0.182. The van der Waals surface area contributed by atoms with Gasteiger partial charge in [-0.15, -0.1) is 0 Å². The van der Waals surface area contributed by atoms with Crippen molar-refractivity contribution in [3.63, 3.8) is 0 Å². The summed E-state index contributed by atoms with van der Waals surface area (Å²) < 4.78 is 26.8. The van der Waals surface area contributed by atoms with Crippen molar-refractivity contribution in [1.29, 1.82) is 0 Å². The smallest absolute Gasteiger partial charge is 0.373 e. The number of carbonyl (C=O) groups is 2. The third-order valence-corrected chi connectivity index (χ3v) is 5.34. The normalized spacial score (nSPS) is 17.2. The van der Waals surface area contributed by atoms with Crippen molar-refractivity contribution in [3.8, 4) is 11.5 Å². The number of furan rings is 1. The first-order chi connectivity index (χ1) is 13.6. The molecule has 4 rings (SSSR count). The lowest BCUT2D eigenvalue weighted by Gasteiger charge is -2.28. The van der Waals surface area contributed by atoms with Crippen LogP contribution in [-0.4, -0.2) is 32.3 Å². The first-order valence-corrected chi connectivity index (χ1v) is 9.37. The van der Waals surface area contributed by atoms with Gasteiger partial charge in [0.2, 0.25) is 5.76 Å². The highest BCUT2D eigenvalue weighted by molar-refractivity contribution is 5.86. The molecular weight excluding hydrogens is 364 g/mol. The van der Waals surface area contributed by atoms with E-state index < -0.39 is 11.4 Å². The van der Waals surface area contributed by atoms with Gasteiger partial charge in [-0.2, -0.15) is 0 Å². The monoisotopic (exact) mass is 386 g/mol. The molecule has 0 radical (unpaired) electrons. The molecule has 0 bridgehead atoms. The van der Waals surface area contributed by atoms with Gasteiger partial charge < -0.3 is 23.4 Å². The number of fused-ring (bicyclic) bond motifs is 1. The molecule has 1 aromatic carbocycles. The second kappa shape index (κ2) is 7.58. The summed E-state index contributed by atoms with van der Waals surface area (Å²) in [6.45, 7) is 0.979. The molecule has 28 heavy (non-hydrogen) atoms. The van der Waals surface area contributed by atoms with Gasteiger partial charge in [-0.25, -0.2) is 4.79 Å². The first-order valence-electron chi connectivity index (χ1n) is 9.37. The molecule has 0 amide bonds. The van der Waals surface area contributed by atoms with Crippen molar-refractivity contribution >= 4 is 11.9 Å². The number of rotatable bonds is 5. The van der Waals surface area contributed by atoms with Gasteiger partial charge in [-0.05, 0) is 42.7 Å². The van der Waals surface area contributed by atoms with Crippen molar-refractivity contribution in [1.82, 2.24) is 0 Å². The van der Waals surface area contributed by atoms with Crippen LogP contribution in [0, 0.1) is 0 Å². The Hall–Kier alpha value is -2.96. The summed E-state index contributed by atoms with van der Waals surface area (Å²) in [6, 6.07) is 8.77. The predicted molar refractivity (Wildman–Crippen MR) is 97.4 cm³/mol. The van der Waals surface area contributed by atoms with Crippen LogP contribution in [-0.2, 0) is 26.3 Å². The molecular formula is C21H22O7. The van der Waals surface area contributed by atoms with Gasteiger partial charge in [0, 0.05) is 0 Å². The highest BCUT2D eigenvalue weighted by Crippen LogP contribution is 2.45. The molecule has 7 heteroatoms. The lowest BCUT2D eigenvalue weighted by Crippen LogP contribution is -2.34. The molecule has 7 nitrogen and oxygen atoms in total. The molecule has 0 saturated heterocycles. The maximum absolute atomic E-state index is 13.1. The fourth-order valence-corrected chi connectivity index (χ4v) is 3.87. The molecule has 1 aliphatic carbocycles. The lowest BCUT2D eigenvalue weighted by atomic mass is 9.78. The Morgan fingerprint density at radius 2 is 1.79 bits per heavy atom. The highest BCUT2D eigenvalue weighted by Gasteiger charge is 2.44. The van der Waals surface area contributed by atoms with Crippen LogP contribution in [0.25, 0.3) is 0 Å². The van der Waals surface area contributed by atoms with Crippen molar-refractivity contribution in [2.75, 3.05) is 20.3 Å². The Kier molecular flexibility index (Phi) is 4.98. The summed E-state index contributed by atoms with van der Waals surface area (Å²) >= 11 is 0. The van der Waals surface area contributed by atoms with Crippen LogP contribution < -0.4 is 9.47 Å². The third-order valence-electron chi connectivity index (χ3n) is 5.34. The summed E-state index contributed by atoms with van der Waals surface area (Å²) in [7, 11) is 1.28. The fourth-order valence-electron chi connectivity index (χ4n) is 3.87. The quantitative estimate of drug-likeness (QED) is 0.728. The van der Waals surface area contributed by atoms with Crippen LogP contribution in [0.15, 0.2) is 34.7 Å². The SMILES string of the molecule is COC(=O)c1ccc(COC(=O)C2(c3ccc4c(c3)OCCO4)CCCC2)o1. The summed E-state index contributed by atoms with van der Waals surface area (Å²) in [6.07, 6.45) is 3.35. The van der Waals surface area contributed by atoms with Crippen molar-refractivity contribution in [2.24, 2.45) is 0 Å². The fraction of sp³-hybridized carbons (Fsp3) is 0.429. The molecule has 1 fully saturated rings. The number of methoxy groups -OCH3 is 1. The van der Waals surface area contributed by atoms with Crippen LogP contribution in [0.4, 0.5) is 0 Å². The van der Waals surface area contributed by atoms with E-state index in [2.05, 4.69) is 4.74 Å². The molecule has 0 spiro atoms. The molecule has 1 saturated carbocycles. The second-order valence-electron chi connectivity index (χ2n) is 6.98. The van der Waals surface area contributed by atoms with Crippen molar-refractivity contribution in [2.45, 2.75) is 37.7 Å². The predicted octanol–water partition coefficient (Wildman–Crippen LogP) is 3.39. The van der Waals surface area contributed by atoms with Crippen molar-refractivity contribution in [3.05, 3.63) is 47.4 Å². The number of hydrogen-bond acceptors (Lipinski definition) is 7. The highest BCUT2D eigenvalue weighted by atomic mass is 16.6. The number of ether oxygens (including phenoxy) is 4. The van der Waals surface area contributed by atoms with E-state index in [-0.39, 0.29) is 18.3 Å². The molecule has 1 aliphatic heterocycles. The molecule has 2 heterocycles. The van der Waals surface area contributed by atoms with E-state index in [1.54, 1.807) is 6.07 Å². The Labute approximate surface area is 162 Å². The second-order valence-corrected chi connectivity index (χ2v) is 6.98. The van der Waals surface area contributed by atoms with Crippen LogP contribution in [0.5, 0.6) is 11.5 Å². The lowest BCUT2D eigenvalue weighted by molar-refractivity contribution is -0.152. The number of benzene rings is 1. The average molecular weight is 386 g/mol. The maximum atomic E-state index is 13.1. The largest absolute Gasteiger partial charge is 0.486 e. The van der Waals surface area contributed by atoms with Gasteiger partial charge in [0.15, 0.2) is 11.5 Å². The topological polar surface area (TPSA) is 84.2 Å². The van der Waals surface area contributed by atoms with Crippen LogP contribution in [0.3, 0.4) is 0 Å². The zero-order valence-corrected chi connectivity index (χ0v) is 15.7. The molecule has 2 aromatic rings. The molecule has 0 N–H and O–H groups in total. The van der Waals surface area contributed by atoms with E-state index in [9.17, 15) is 9.59 Å². The standard InChI is InChI=1S/C21H22O7/c1-24-19(22)17-7-5-15(28-17)13-27-20(23)21(8-2-3-9-21)14-4-6-16-18(12-14)26-11-10-25-16/h4-7,12H,2-3,8-11,13H2,1H3. The van der Waals surface area contributed by atoms with Gasteiger partial charge in [0.25, 0.3) is 0 Å². The zero-order valence-electron chi connectivity index (χ0n) is 15.7.